The molecule has 0 radical (unpaired) electrons. The van der Waals surface area contributed by atoms with E-state index in [0.717, 1.165) is 48.5 Å². The van der Waals surface area contributed by atoms with E-state index in [0.29, 0.717) is 12.1 Å². The van der Waals surface area contributed by atoms with Gasteiger partial charge >= 0.3 is 0 Å². The summed E-state index contributed by atoms with van der Waals surface area (Å²) in [5, 5.41) is 8.56. The van der Waals surface area contributed by atoms with Crippen molar-refractivity contribution in [3.8, 4) is 0 Å². The fourth-order valence-corrected chi connectivity index (χ4v) is 6.30. The van der Waals surface area contributed by atoms with Crippen LogP contribution in [0.1, 0.15) is 63.5 Å². The Morgan fingerprint density at radius 1 is 1.11 bits per heavy atom. The van der Waals surface area contributed by atoms with Crippen LogP contribution in [0.25, 0.3) is 5.52 Å². The van der Waals surface area contributed by atoms with Crippen molar-refractivity contribution in [2.45, 2.75) is 69.9 Å². The Hall–Kier alpha value is -1.39. The van der Waals surface area contributed by atoms with Gasteiger partial charge in [-0.25, -0.2) is 4.52 Å². The molecule has 0 aliphatic heterocycles. The van der Waals surface area contributed by atoms with Gasteiger partial charge in [-0.05, 0) is 100 Å². The Kier molecular flexibility index (Phi) is 4.95. The molecule has 2 aromatic heterocycles. The standard InChI is InChI=1S/C23H33N3O/c1-3-9-26-22(5-1)14-21(25-26)17-27-10-4-2-8-24-23-7-6-18-11-19(15-23)13-20(12-18)16-23/h1,3,5,9,14,18-20,24H,2,4,6-8,10-13,15-17H2. The van der Waals surface area contributed by atoms with Gasteiger partial charge in [-0.2, -0.15) is 5.10 Å². The average Bonchev–Trinajstić information content (AvgIpc) is 2.97. The van der Waals surface area contributed by atoms with E-state index >= 15 is 0 Å². The summed E-state index contributed by atoms with van der Waals surface area (Å²) in [6, 6.07) is 8.23. The molecule has 4 nitrogen and oxygen atoms in total. The molecular weight excluding hydrogens is 334 g/mol. The topological polar surface area (TPSA) is 38.6 Å². The quantitative estimate of drug-likeness (QED) is 0.694. The van der Waals surface area contributed by atoms with Gasteiger partial charge in [0, 0.05) is 18.3 Å². The monoisotopic (exact) mass is 367 g/mol. The molecule has 4 heteroatoms. The highest BCUT2D eigenvalue weighted by Crippen LogP contribution is 2.52. The van der Waals surface area contributed by atoms with Crippen LogP contribution in [-0.2, 0) is 11.3 Å². The zero-order valence-corrected chi connectivity index (χ0v) is 16.4. The summed E-state index contributed by atoms with van der Waals surface area (Å²) >= 11 is 0. The fourth-order valence-electron chi connectivity index (χ4n) is 6.30. The largest absolute Gasteiger partial charge is 0.375 e. The van der Waals surface area contributed by atoms with Crippen molar-refractivity contribution in [1.29, 1.82) is 0 Å². The van der Waals surface area contributed by atoms with Gasteiger partial charge in [0.1, 0.15) is 0 Å². The van der Waals surface area contributed by atoms with Crippen LogP contribution in [0.2, 0.25) is 0 Å². The first-order valence-corrected chi connectivity index (χ1v) is 11.0. The molecule has 4 saturated carbocycles. The maximum absolute atomic E-state index is 5.86. The second-order valence-corrected chi connectivity index (χ2v) is 9.42. The lowest BCUT2D eigenvalue weighted by Crippen LogP contribution is -2.50. The predicted molar refractivity (Wildman–Crippen MR) is 108 cm³/mol. The summed E-state index contributed by atoms with van der Waals surface area (Å²) in [5.41, 5.74) is 2.63. The number of hydrogen-bond donors (Lipinski definition) is 1. The number of fused-ring (bicyclic) bond motifs is 2. The second kappa shape index (κ2) is 7.56. The summed E-state index contributed by atoms with van der Waals surface area (Å²) < 4.78 is 7.77. The minimum atomic E-state index is 0.482. The maximum Gasteiger partial charge on any atom is 0.0906 e. The molecule has 4 aliphatic carbocycles. The Morgan fingerprint density at radius 2 is 1.96 bits per heavy atom. The summed E-state index contributed by atoms with van der Waals surface area (Å²) in [6.45, 7) is 2.60. The minimum Gasteiger partial charge on any atom is -0.375 e. The SMILES string of the molecule is c1ccn2nc(COCCCCNC34CCC5CC(CC(C5)C3)C4)cc2c1. The van der Waals surface area contributed by atoms with Gasteiger partial charge in [-0.1, -0.05) is 6.07 Å². The first-order chi connectivity index (χ1) is 13.3. The molecule has 27 heavy (non-hydrogen) atoms. The molecule has 6 rings (SSSR count). The van der Waals surface area contributed by atoms with Crippen molar-refractivity contribution in [3.05, 3.63) is 36.2 Å². The molecule has 0 aromatic carbocycles. The van der Waals surface area contributed by atoms with E-state index < -0.39 is 0 Å². The highest BCUT2D eigenvalue weighted by molar-refractivity contribution is 5.46. The molecule has 2 atom stereocenters. The van der Waals surface area contributed by atoms with E-state index in [1.54, 1.807) is 0 Å². The first-order valence-electron chi connectivity index (χ1n) is 11.0. The van der Waals surface area contributed by atoms with Crippen molar-refractivity contribution < 1.29 is 4.74 Å². The van der Waals surface area contributed by atoms with Gasteiger partial charge in [0.15, 0.2) is 0 Å². The number of unbranched alkanes of at least 4 members (excludes halogenated alkanes) is 1. The second-order valence-electron chi connectivity index (χ2n) is 9.42. The van der Waals surface area contributed by atoms with Gasteiger partial charge in [-0.3, -0.25) is 0 Å². The van der Waals surface area contributed by atoms with Crippen LogP contribution in [-0.4, -0.2) is 28.3 Å². The summed E-state index contributed by atoms with van der Waals surface area (Å²) in [4.78, 5) is 0. The number of hydrogen-bond acceptors (Lipinski definition) is 3. The van der Waals surface area contributed by atoms with Crippen molar-refractivity contribution in [2.24, 2.45) is 17.8 Å². The van der Waals surface area contributed by atoms with E-state index in [4.69, 9.17) is 4.74 Å². The number of aromatic nitrogens is 2. The third kappa shape index (κ3) is 3.93. The Morgan fingerprint density at radius 3 is 2.81 bits per heavy atom. The molecule has 4 fully saturated rings. The van der Waals surface area contributed by atoms with Gasteiger partial charge in [0.05, 0.1) is 17.8 Å². The zero-order valence-electron chi connectivity index (χ0n) is 16.4. The van der Waals surface area contributed by atoms with Crippen molar-refractivity contribution in [3.63, 3.8) is 0 Å². The minimum absolute atomic E-state index is 0.482. The molecule has 1 N–H and O–H groups in total. The molecule has 2 unspecified atom stereocenters. The Balaban J connectivity index is 1.02. The number of nitrogens with one attached hydrogen (secondary N) is 1. The van der Waals surface area contributed by atoms with Crippen LogP contribution >= 0.6 is 0 Å². The number of pyridine rings is 1. The van der Waals surface area contributed by atoms with Crippen molar-refractivity contribution >= 4 is 5.52 Å². The van der Waals surface area contributed by atoms with Crippen LogP contribution in [0.4, 0.5) is 0 Å². The summed E-state index contributed by atoms with van der Waals surface area (Å²) in [5.74, 6) is 3.09. The van der Waals surface area contributed by atoms with Gasteiger partial charge in [0.2, 0.25) is 0 Å². The van der Waals surface area contributed by atoms with E-state index in [1.807, 2.05) is 22.8 Å². The lowest BCUT2D eigenvalue weighted by molar-refractivity contribution is 0.0919. The maximum atomic E-state index is 5.86. The Bertz CT molecular complexity index is 723. The van der Waals surface area contributed by atoms with E-state index in [-0.39, 0.29) is 0 Å². The molecule has 4 bridgehead atoms. The lowest BCUT2D eigenvalue weighted by atomic mass is 9.65. The third-order valence-electron chi connectivity index (χ3n) is 7.28. The van der Waals surface area contributed by atoms with E-state index in [2.05, 4.69) is 22.5 Å². The molecule has 2 aromatic rings. The zero-order chi connectivity index (χ0) is 18.1. The normalized spacial score (nSPS) is 32.2. The van der Waals surface area contributed by atoms with Gasteiger partial charge in [-0.15, -0.1) is 0 Å². The van der Waals surface area contributed by atoms with Crippen molar-refractivity contribution in [2.75, 3.05) is 13.2 Å². The molecule has 0 amide bonds. The van der Waals surface area contributed by atoms with Crippen LogP contribution in [0.15, 0.2) is 30.5 Å². The first kappa shape index (κ1) is 17.7. The highest BCUT2D eigenvalue weighted by atomic mass is 16.5. The number of nitrogens with zero attached hydrogens (tertiary/aromatic N) is 2. The third-order valence-corrected chi connectivity index (χ3v) is 7.28. The fraction of sp³-hybridized carbons (Fsp3) is 0.696. The molecule has 0 spiro atoms. The number of rotatable bonds is 8. The van der Waals surface area contributed by atoms with Crippen LogP contribution in [0.5, 0.6) is 0 Å². The summed E-state index contributed by atoms with van der Waals surface area (Å²) in [7, 11) is 0. The smallest absolute Gasteiger partial charge is 0.0906 e. The predicted octanol–water partition coefficient (Wildman–Crippen LogP) is 4.58. The van der Waals surface area contributed by atoms with Crippen LogP contribution in [0, 0.1) is 17.8 Å². The van der Waals surface area contributed by atoms with E-state index in [1.165, 1.54) is 51.4 Å². The number of ether oxygens (including phenoxy) is 1. The molecule has 0 saturated heterocycles. The summed E-state index contributed by atoms with van der Waals surface area (Å²) in [6.07, 6.45) is 14.7. The lowest BCUT2D eigenvalue weighted by Gasteiger charge is -2.46. The molecular formula is C23H33N3O. The average molecular weight is 368 g/mol. The van der Waals surface area contributed by atoms with E-state index in [9.17, 15) is 0 Å². The van der Waals surface area contributed by atoms with Crippen LogP contribution in [0.3, 0.4) is 0 Å². The van der Waals surface area contributed by atoms with Gasteiger partial charge < -0.3 is 10.1 Å². The van der Waals surface area contributed by atoms with Gasteiger partial charge in [0.25, 0.3) is 0 Å². The molecule has 146 valence electrons. The van der Waals surface area contributed by atoms with Crippen molar-refractivity contribution in [1.82, 2.24) is 14.9 Å². The Labute approximate surface area is 162 Å². The highest BCUT2D eigenvalue weighted by Gasteiger charge is 2.47. The van der Waals surface area contributed by atoms with Crippen LogP contribution < -0.4 is 5.32 Å². The molecule has 2 heterocycles. The molecule has 4 aliphatic rings.